The molecule has 0 saturated carbocycles. The first-order valence-electron chi connectivity index (χ1n) is 13.0. The van der Waals surface area contributed by atoms with E-state index in [4.69, 9.17) is 11.2 Å². The average Bonchev–Trinajstić information content (AvgIpc) is 3.40. The van der Waals surface area contributed by atoms with Gasteiger partial charge in [-0.05, 0) is 24.1 Å². The van der Waals surface area contributed by atoms with Gasteiger partial charge in [-0.3, -0.25) is 14.5 Å². The van der Waals surface area contributed by atoms with E-state index in [0.717, 1.165) is 49.7 Å². The Balaban J connectivity index is 1.29. The van der Waals surface area contributed by atoms with Crippen molar-refractivity contribution in [3.8, 4) is 35.3 Å². The summed E-state index contributed by atoms with van der Waals surface area (Å²) in [5.74, 6) is 3.46. The number of rotatable bonds is 6. The summed E-state index contributed by atoms with van der Waals surface area (Å²) in [5, 5.41) is 14.0. The second kappa shape index (κ2) is 11.4. The fourth-order valence-corrected chi connectivity index (χ4v) is 5.02. The summed E-state index contributed by atoms with van der Waals surface area (Å²) in [6.07, 6.45) is 10.4. The summed E-state index contributed by atoms with van der Waals surface area (Å²) >= 11 is 0. The van der Waals surface area contributed by atoms with Gasteiger partial charge in [-0.2, -0.15) is 10.4 Å². The van der Waals surface area contributed by atoms with E-state index in [1.165, 1.54) is 0 Å². The Morgan fingerprint density at radius 2 is 1.79 bits per heavy atom. The quantitative estimate of drug-likeness (QED) is 0.439. The number of terminal acetylenes is 1. The van der Waals surface area contributed by atoms with Crippen LogP contribution in [0.25, 0.3) is 16.6 Å². The number of carbonyl (C=O) groups excluding carboxylic acids is 2. The second-order valence-corrected chi connectivity index (χ2v) is 9.58. The van der Waals surface area contributed by atoms with Crippen molar-refractivity contribution < 1.29 is 14.3 Å². The molecule has 2 saturated heterocycles. The molecule has 5 heterocycles. The maximum Gasteiger partial charge on any atom is 0.298 e. The highest BCUT2D eigenvalue weighted by Crippen LogP contribution is 2.31. The van der Waals surface area contributed by atoms with Crippen molar-refractivity contribution >= 4 is 23.1 Å². The average molecular weight is 527 g/mol. The van der Waals surface area contributed by atoms with Crippen molar-refractivity contribution in [2.75, 3.05) is 70.4 Å². The van der Waals surface area contributed by atoms with E-state index in [2.05, 4.69) is 31.9 Å². The molecule has 0 aliphatic carbocycles. The minimum absolute atomic E-state index is 0.115. The largest absolute Gasteiger partial charge is 0.491 e. The highest BCUT2D eigenvalue weighted by Gasteiger charge is 2.22. The van der Waals surface area contributed by atoms with Crippen molar-refractivity contribution in [2.45, 2.75) is 6.92 Å². The van der Waals surface area contributed by atoms with Crippen LogP contribution in [0, 0.1) is 23.7 Å². The van der Waals surface area contributed by atoms with Crippen molar-refractivity contribution in [2.24, 2.45) is 0 Å². The molecule has 0 radical (unpaired) electrons. The molecule has 2 amide bonds. The van der Waals surface area contributed by atoms with E-state index < -0.39 is 0 Å². The lowest BCUT2D eigenvalue weighted by Gasteiger charge is -2.34. The van der Waals surface area contributed by atoms with Crippen molar-refractivity contribution in [3.63, 3.8) is 0 Å². The van der Waals surface area contributed by atoms with Crippen LogP contribution < -0.4 is 9.64 Å². The van der Waals surface area contributed by atoms with Gasteiger partial charge in [-0.15, -0.1) is 6.42 Å². The molecule has 0 N–H and O–H groups in total. The summed E-state index contributed by atoms with van der Waals surface area (Å²) in [5.41, 5.74) is 2.81. The van der Waals surface area contributed by atoms with Gasteiger partial charge in [0, 0.05) is 83.2 Å². The van der Waals surface area contributed by atoms with E-state index in [0.29, 0.717) is 49.6 Å². The van der Waals surface area contributed by atoms with Gasteiger partial charge in [0.2, 0.25) is 5.91 Å². The van der Waals surface area contributed by atoms with Crippen LogP contribution in [0.15, 0.2) is 36.8 Å². The van der Waals surface area contributed by atoms with Crippen molar-refractivity contribution in [3.05, 3.63) is 42.4 Å². The fourth-order valence-electron chi connectivity index (χ4n) is 5.02. The molecule has 2 aliphatic heterocycles. The molecule has 2 fully saturated rings. The third-order valence-corrected chi connectivity index (χ3v) is 7.27. The number of fused-ring (bicyclic) bond motifs is 1. The SMILES string of the molecule is C#CC(=O)N1CCN(c2ccc(-c3cc(OCCN4CCN(C(C)=O)CC4)cn4ncc(C#N)c34)cn2)CC1. The molecule has 39 heavy (non-hydrogen) atoms. The Morgan fingerprint density at radius 3 is 2.44 bits per heavy atom. The number of hydrogen-bond donors (Lipinski definition) is 0. The van der Waals surface area contributed by atoms with Crippen molar-refractivity contribution in [1.29, 1.82) is 5.26 Å². The zero-order valence-corrected chi connectivity index (χ0v) is 21.9. The first kappa shape index (κ1) is 26.0. The summed E-state index contributed by atoms with van der Waals surface area (Å²) < 4.78 is 7.78. The molecule has 200 valence electrons. The topological polar surface area (TPSA) is 110 Å². The normalized spacial score (nSPS) is 16.1. The Bertz CT molecular complexity index is 1440. The lowest BCUT2D eigenvalue weighted by molar-refractivity contribution is -0.130. The maximum atomic E-state index is 11.8. The van der Waals surface area contributed by atoms with Gasteiger partial charge in [-0.1, -0.05) is 0 Å². The Kier molecular flexibility index (Phi) is 7.62. The van der Waals surface area contributed by atoms with Gasteiger partial charge in [0.05, 0.1) is 23.5 Å². The van der Waals surface area contributed by atoms with Crippen LogP contribution in [0.1, 0.15) is 12.5 Å². The number of nitrogens with zero attached hydrogens (tertiary/aromatic N) is 8. The van der Waals surface area contributed by atoms with Crippen molar-refractivity contribution in [1.82, 2.24) is 29.3 Å². The van der Waals surface area contributed by atoms with Gasteiger partial charge in [0.1, 0.15) is 24.2 Å². The lowest BCUT2D eigenvalue weighted by Crippen LogP contribution is -2.48. The van der Waals surface area contributed by atoms with Gasteiger partial charge < -0.3 is 19.4 Å². The molecular formula is C28H30N8O3. The number of piperazine rings is 2. The summed E-state index contributed by atoms with van der Waals surface area (Å²) in [6, 6.07) is 8.07. The highest BCUT2D eigenvalue weighted by atomic mass is 16.5. The molecule has 0 bridgehead atoms. The number of ether oxygens (including phenoxy) is 1. The molecule has 0 spiro atoms. The molecule has 5 rings (SSSR count). The van der Waals surface area contributed by atoms with Crippen LogP contribution in [-0.2, 0) is 9.59 Å². The number of carbonyl (C=O) groups is 2. The van der Waals surface area contributed by atoms with Crippen LogP contribution >= 0.6 is 0 Å². The predicted octanol–water partition coefficient (Wildman–Crippen LogP) is 1.09. The van der Waals surface area contributed by atoms with E-state index >= 15 is 0 Å². The van der Waals surface area contributed by atoms with Crippen LogP contribution in [0.4, 0.5) is 5.82 Å². The van der Waals surface area contributed by atoms with E-state index in [1.807, 2.05) is 23.1 Å². The third kappa shape index (κ3) is 5.64. The predicted molar refractivity (Wildman–Crippen MR) is 145 cm³/mol. The number of nitriles is 1. The number of hydrogen-bond acceptors (Lipinski definition) is 8. The van der Waals surface area contributed by atoms with Gasteiger partial charge in [0.15, 0.2) is 0 Å². The molecule has 3 aromatic heterocycles. The van der Waals surface area contributed by atoms with E-state index in [9.17, 15) is 14.9 Å². The maximum absolute atomic E-state index is 11.8. The summed E-state index contributed by atoms with van der Waals surface area (Å²) in [7, 11) is 0. The molecule has 2 aliphatic rings. The number of amides is 2. The van der Waals surface area contributed by atoms with Crippen LogP contribution in [-0.4, -0.2) is 107 Å². The highest BCUT2D eigenvalue weighted by molar-refractivity contribution is 5.93. The molecule has 0 atom stereocenters. The molecule has 0 aromatic carbocycles. The Labute approximate surface area is 227 Å². The van der Waals surface area contributed by atoms with Gasteiger partial charge in [-0.25, -0.2) is 9.50 Å². The number of anilines is 1. The van der Waals surface area contributed by atoms with Gasteiger partial charge >= 0.3 is 0 Å². The zero-order valence-electron chi connectivity index (χ0n) is 21.9. The first-order chi connectivity index (χ1) is 19.0. The Hall–Kier alpha value is -4.61. The smallest absolute Gasteiger partial charge is 0.298 e. The Morgan fingerprint density at radius 1 is 1.05 bits per heavy atom. The monoisotopic (exact) mass is 526 g/mol. The summed E-state index contributed by atoms with van der Waals surface area (Å²) in [4.78, 5) is 35.9. The lowest BCUT2D eigenvalue weighted by atomic mass is 10.1. The number of aromatic nitrogens is 3. The second-order valence-electron chi connectivity index (χ2n) is 9.58. The summed E-state index contributed by atoms with van der Waals surface area (Å²) in [6.45, 7) is 8.37. The number of pyridine rings is 2. The van der Waals surface area contributed by atoms with Crippen LogP contribution in [0.2, 0.25) is 0 Å². The molecule has 11 nitrogen and oxygen atoms in total. The van der Waals surface area contributed by atoms with E-state index in [-0.39, 0.29) is 11.8 Å². The van der Waals surface area contributed by atoms with E-state index in [1.54, 1.807) is 34.9 Å². The zero-order chi connectivity index (χ0) is 27.4. The van der Waals surface area contributed by atoms with Gasteiger partial charge in [0.25, 0.3) is 5.91 Å². The molecule has 3 aromatic rings. The minimum Gasteiger partial charge on any atom is -0.491 e. The molecule has 11 heteroatoms. The molecular weight excluding hydrogens is 496 g/mol. The molecule has 0 unspecified atom stereocenters. The first-order valence-corrected chi connectivity index (χ1v) is 13.0. The fraction of sp³-hybridized carbons (Fsp3) is 0.393. The minimum atomic E-state index is -0.284. The van der Waals surface area contributed by atoms with Crippen LogP contribution in [0.3, 0.4) is 0 Å². The third-order valence-electron chi connectivity index (χ3n) is 7.27. The van der Waals surface area contributed by atoms with Crippen LogP contribution in [0.5, 0.6) is 5.75 Å². The standard InChI is InChI=1S/C28H30N8O3/c1-3-27(38)35-12-10-34(11-13-35)26-5-4-22(18-30-26)25-16-24(20-36-28(25)23(17-29)19-31-36)39-15-14-32-6-8-33(9-7-32)21(2)37/h1,4-5,16,18-20H,6-15H2,2H3.